The van der Waals surface area contributed by atoms with Crippen molar-refractivity contribution in [2.45, 2.75) is 53.0 Å². The Balaban J connectivity index is 2.07. The second kappa shape index (κ2) is 9.82. The number of carbonyl (C=O) groups excluding carboxylic acids is 2. The maximum atomic E-state index is 13.0. The van der Waals surface area contributed by atoms with Crippen molar-refractivity contribution < 1.29 is 19.4 Å². The van der Waals surface area contributed by atoms with E-state index in [1.807, 2.05) is 63.2 Å². The average molecular weight is 422 g/mol. The van der Waals surface area contributed by atoms with Crippen LogP contribution in [-0.2, 0) is 9.59 Å². The number of aliphatic hydroxyl groups excluding tert-OH is 1. The number of nitrogens with zero attached hydrogens (tertiary/aromatic N) is 1. The Morgan fingerprint density at radius 1 is 1.03 bits per heavy atom. The molecule has 1 saturated heterocycles. The second-order valence-corrected chi connectivity index (χ2v) is 8.08. The van der Waals surface area contributed by atoms with E-state index in [0.717, 1.165) is 35.3 Å². The number of ketones is 1. The number of rotatable bonds is 8. The average Bonchev–Trinajstić information content (AvgIpc) is 3.01. The zero-order valence-corrected chi connectivity index (χ0v) is 18.8. The fraction of sp³-hybridized carbons (Fsp3) is 0.385. The van der Waals surface area contributed by atoms with E-state index in [2.05, 4.69) is 6.92 Å². The lowest BCUT2D eigenvalue weighted by Crippen LogP contribution is -2.30. The highest BCUT2D eigenvalue weighted by molar-refractivity contribution is 6.46. The molecule has 1 fully saturated rings. The van der Waals surface area contributed by atoms with E-state index in [4.69, 9.17) is 4.74 Å². The van der Waals surface area contributed by atoms with Crippen LogP contribution in [0.1, 0.15) is 61.4 Å². The summed E-state index contributed by atoms with van der Waals surface area (Å²) in [6.45, 7) is 8.98. The molecule has 1 atom stereocenters. The van der Waals surface area contributed by atoms with Crippen LogP contribution >= 0.6 is 0 Å². The van der Waals surface area contributed by atoms with Crippen LogP contribution in [0.4, 0.5) is 0 Å². The minimum absolute atomic E-state index is 0.119. The van der Waals surface area contributed by atoms with Gasteiger partial charge in [0.05, 0.1) is 18.2 Å². The number of aryl methyl sites for hydroxylation is 2. The minimum Gasteiger partial charge on any atom is -0.507 e. The van der Waals surface area contributed by atoms with E-state index in [1.54, 1.807) is 4.90 Å². The molecule has 0 spiro atoms. The highest BCUT2D eigenvalue weighted by atomic mass is 16.5. The number of ether oxygens (including phenoxy) is 1. The first kappa shape index (κ1) is 22.6. The molecular weight excluding hydrogens is 390 g/mol. The molecule has 1 amide bonds. The summed E-state index contributed by atoms with van der Waals surface area (Å²) in [5, 5.41) is 11.2. The molecule has 0 bridgehead atoms. The molecule has 0 aliphatic carbocycles. The standard InChI is InChI=1S/C26H31NO4/c1-5-7-15-31-20-12-10-19(11-13-20)23-22(25(29)26(30)27(23)14-6-2)24(28)21-16-17(3)8-9-18(21)4/h8-13,16,23,28H,5-7,14-15H2,1-4H3/b24-22+. The molecule has 1 unspecified atom stereocenters. The number of amides is 1. The molecule has 2 aromatic carbocycles. The van der Waals surface area contributed by atoms with Crippen LogP contribution in [0.15, 0.2) is 48.0 Å². The Hall–Kier alpha value is -3.08. The largest absolute Gasteiger partial charge is 0.507 e. The minimum atomic E-state index is -0.639. The lowest BCUT2D eigenvalue weighted by Gasteiger charge is -2.25. The molecule has 1 heterocycles. The summed E-state index contributed by atoms with van der Waals surface area (Å²) in [4.78, 5) is 27.4. The number of aliphatic hydroxyl groups is 1. The van der Waals surface area contributed by atoms with Crippen molar-refractivity contribution in [3.8, 4) is 5.75 Å². The molecule has 3 rings (SSSR count). The summed E-state index contributed by atoms with van der Waals surface area (Å²) in [6.07, 6.45) is 2.75. The van der Waals surface area contributed by atoms with Gasteiger partial charge in [-0.1, -0.05) is 50.1 Å². The van der Waals surface area contributed by atoms with Gasteiger partial charge < -0.3 is 14.7 Å². The summed E-state index contributed by atoms with van der Waals surface area (Å²) in [6, 6.07) is 12.5. The van der Waals surface area contributed by atoms with Crippen molar-refractivity contribution >= 4 is 17.4 Å². The maximum Gasteiger partial charge on any atom is 0.295 e. The van der Waals surface area contributed by atoms with Crippen LogP contribution in [0, 0.1) is 13.8 Å². The SMILES string of the molecule is CCCCOc1ccc(C2/C(=C(\O)c3cc(C)ccc3C)C(=O)C(=O)N2CCC)cc1. The Bertz CT molecular complexity index is 991. The van der Waals surface area contributed by atoms with Crippen LogP contribution in [0.2, 0.25) is 0 Å². The van der Waals surface area contributed by atoms with E-state index in [0.29, 0.717) is 25.1 Å². The number of likely N-dealkylation sites (tertiary alicyclic amines) is 1. The van der Waals surface area contributed by atoms with Gasteiger partial charge in [0, 0.05) is 12.1 Å². The van der Waals surface area contributed by atoms with Crippen molar-refractivity contribution in [3.63, 3.8) is 0 Å². The third-order valence-corrected chi connectivity index (χ3v) is 5.62. The van der Waals surface area contributed by atoms with Gasteiger partial charge in [-0.05, 0) is 56.0 Å². The number of carbonyl (C=O) groups is 2. The molecule has 1 N–H and O–H groups in total. The summed E-state index contributed by atoms with van der Waals surface area (Å²) in [5.74, 6) is -0.576. The summed E-state index contributed by atoms with van der Waals surface area (Å²) in [5.41, 5.74) is 3.33. The summed E-state index contributed by atoms with van der Waals surface area (Å²) < 4.78 is 5.74. The van der Waals surface area contributed by atoms with Gasteiger partial charge in [-0.2, -0.15) is 0 Å². The van der Waals surface area contributed by atoms with Gasteiger partial charge >= 0.3 is 0 Å². The third kappa shape index (κ3) is 4.66. The Kier molecular flexibility index (Phi) is 7.16. The van der Waals surface area contributed by atoms with Gasteiger partial charge in [-0.25, -0.2) is 0 Å². The normalized spacial score (nSPS) is 17.9. The number of Topliss-reactive ketones (excluding diaryl/α,β-unsaturated/α-hetero) is 1. The van der Waals surface area contributed by atoms with Crippen LogP contribution in [0.3, 0.4) is 0 Å². The van der Waals surface area contributed by atoms with Gasteiger partial charge in [0.1, 0.15) is 11.5 Å². The van der Waals surface area contributed by atoms with Crippen molar-refractivity contribution in [2.75, 3.05) is 13.2 Å². The fourth-order valence-electron chi connectivity index (χ4n) is 3.91. The van der Waals surface area contributed by atoms with Gasteiger partial charge in [0.25, 0.3) is 11.7 Å². The van der Waals surface area contributed by atoms with Gasteiger partial charge in [-0.3, -0.25) is 9.59 Å². The molecule has 31 heavy (non-hydrogen) atoms. The summed E-state index contributed by atoms with van der Waals surface area (Å²) in [7, 11) is 0. The number of hydrogen-bond donors (Lipinski definition) is 1. The van der Waals surface area contributed by atoms with Crippen LogP contribution in [-0.4, -0.2) is 34.8 Å². The predicted molar refractivity (Wildman–Crippen MR) is 122 cm³/mol. The van der Waals surface area contributed by atoms with Gasteiger partial charge in [0.15, 0.2) is 0 Å². The monoisotopic (exact) mass is 421 g/mol. The fourth-order valence-corrected chi connectivity index (χ4v) is 3.91. The van der Waals surface area contributed by atoms with Crippen LogP contribution in [0.5, 0.6) is 5.75 Å². The Morgan fingerprint density at radius 3 is 2.39 bits per heavy atom. The molecule has 0 radical (unpaired) electrons. The van der Waals surface area contributed by atoms with E-state index >= 15 is 0 Å². The summed E-state index contributed by atoms with van der Waals surface area (Å²) >= 11 is 0. The van der Waals surface area contributed by atoms with E-state index in [9.17, 15) is 14.7 Å². The molecule has 164 valence electrons. The molecule has 1 aliphatic rings. The van der Waals surface area contributed by atoms with E-state index in [1.165, 1.54) is 0 Å². The lowest BCUT2D eigenvalue weighted by atomic mass is 9.93. The van der Waals surface area contributed by atoms with E-state index < -0.39 is 17.7 Å². The molecule has 5 nitrogen and oxygen atoms in total. The molecule has 1 aliphatic heterocycles. The molecule has 2 aromatic rings. The second-order valence-electron chi connectivity index (χ2n) is 8.08. The van der Waals surface area contributed by atoms with Crippen molar-refractivity contribution in [1.29, 1.82) is 0 Å². The lowest BCUT2D eigenvalue weighted by molar-refractivity contribution is -0.139. The quantitative estimate of drug-likeness (QED) is 0.271. The Labute approximate surface area is 184 Å². The topological polar surface area (TPSA) is 66.8 Å². The number of benzene rings is 2. The first-order valence-electron chi connectivity index (χ1n) is 11.0. The molecule has 5 heteroatoms. The van der Waals surface area contributed by atoms with Crippen molar-refractivity contribution in [2.24, 2.45) is 0 Å². The van der Waals surface area contributed by atoms with E-state index in [-0.39, 0.29) is 11.3 Å². The van der Waals surface area contributed by atoms with Crippen LogP contribution < -0.4 is 4.74 Å². The molecular formula is C26H31NO4. The van der Waals surface area contributed by atoms with Gasteiger partial charge in [-0.15, -0.1) is 0 Å². The highest BCUT2D eigenvalue weighted by Gasteiger charge is 2.45. The highest BCUT2D eigenvalue weighted by Crippen LogP contribution is 2.40. The van der Waals surface area contributed by atoms with Crippen LogP contribution in [0.25, 0.3) is 5.76 Å². The van der Waals surface area contributed by atoms with Gasteiger partial charge in [0.2, 0.25) is 0 Å². The molecule has 0 aromatic heterocycles. The maximum absolute atomic E-state index is 13.0. The first-order valence-corrected chi connectivity index (χ1v) is 11.0. The van der Waals surface area contributed by atoms with Crippen molar-refractivity contribution in [3.05, 3.63) is 70.3 Å². The zero-order chi connectivity index (χ0) is 22.5. The number of unbranched alkanes of at least 4 members (excludes halogenated alkanes) is 1. The first-order chi connectivity index (χ1) is 14.9. The van der Waals surface area contributed by atoms with Crippen molar-refractivity contribution in [1.82, 2.24) is 4.90 Å². The number of hydrogen-bond acceptors (Lipinski definition) is 4. The third-order valence-electron chi connectivity index (χ3n) is 5.62. The Morgan fingerprint density at radius 2 is 1.74 bits per heavy atom. The molecule has 0 saturated carbocycles. The predicted octanol–water partition coefficient (Wildman–Crippen LogP) is 5.31. The smallest absolute Gasteiger partial charge is 0.295 e. The zero-order valence-electron chi connectivity index (χ0n) is 18.8.